The minimum atomic E-state index is -0.0651. The molecular formula is C24H27N5O. The number of hydrogen-bond acceptors (Lipinski definition) is 4. The van der Waals surface area contributed by atoms with Crippen LogP contribution in [0.3, 0.4) is 0 Å². The molecule has 1 saturated heterocycles. The van der Waals surface area contributed by atoms with Gasteiger partial charge in [0.05, 0.1) is 17.5 Å². The Hall–Kier alpha value is -3.02. The monoisotopic (exact) mass is 401 g/mol. The van der Waals surface area contributed by atoms with E-state index in [2.05, 4.69) is 10.1 Å². The third kappa shape index (κ3) is 3.02. The third-order valence-electron chi connectivity index (χ3n) is 6.77. The third-order valence-corrected chi connectivity index (χ3v) is 6.77. The summed E-state index contributed by atoms with van der Waals surface area (Å²) >= 11 is 0. The average Bonchev–Trinajstić information content (AvgIpc) is 3.34. The van der Waals surface area contributed by atoms with Crippen molar-refractivity contribution < 1.29 is 4.79 Å². The number of carbonyl (C=O) groups is 1. The fraction of sp³-hybridized carbons (Fsp3) is 0.417. The molecule has 1 amide bonds. The van der Waals surface area contributed by atoms with Gasteiger partial charge in [-0.1, -0.05) is 30.3 Å². The topological polar surface area (TPSA) is 63.9 Å². The van der Waals surface area contributed by atoms with Crippen LogP contribution in [0, 0.1) is 6.92 Å². The summed E-state index contributed by atoms with van der Waals surface area (Å²) in [5, 5.41) is 4.37. The second-order valence-corrected chi connectivity index (χ2v) is 8.50. The summed E-state index contributed by atoms with van der Waals surface area (Å²) in [6, 6.07) is 10.1. The van der Waals surface area contributed by atoms with Gasteiger partial charge in [-0.2, -0.15) is 5.10 Å². The van der Waals surface area contributed by atoms with E-state index in [1.165, 1.54) is 5.56 Å². The van der Waals surface area contributed by atoms with Crippen LogP contribution in [-0.2, 0) is 18.4 Å². The van der Waals surface area contributed by atoms with Crippen LogP contribution in [0.1, 0.15) is 53.5 Å². The summed E-state index contributed by atoms with van der Waals surface area (Å²) in [5.74, 6) is 0.871. The van der Waals surface area contributed by atoms with Crippen molar-refractivity contribution in [2.45, 2.75) is 51.5 Å². The Morgan fingerprint density at radius 2 is 2.00 bits per heavy atom. The lowest BCUT2D eigenvalue weighted by Crippen LogP contribution is -2.48. The fourth-order valence-corrected chi connectivity index (χ4v) is 5.12. The van der Waals surface area contributed by atoms with E-state index in [4.69, 9.17) is 4.98 Å². The fourth-order valence-electron chi connectivity index (χ4n) is 5.12. The molecule has 2 aromatic heterocycles. The summed E-state index contributed by atoms with van der Waals surface area (Å²) in [5.41, 5.74) is 5.02. The standard InChI is InChI=1S/C24H27N5O/c1-3-29-17(2)20(15-26-29)23(30)28-13-7-11-24(16-28)12-10-19-14-25-22(27-21(19)24)18-8-5-4-6-9-18/h4-6,8-9,14-15H,3,7,10-13,16H2,1-2H3. The van der Waals surface area contributed by atoms with Crippen molar-refractivity contribution in [1.82, 2.24) is 24.6 Å². The number of nitrogens with zero attached hydrogens (tertiary/aromatic N) is 5. The molecular weight excluding hydrogens is 374 g/mol. The van der Waals surface area contributed by atoms with Crippen LogP contribution in [0.15, 0.2) is 42.7 Å². The lowest BCUT2D eigenvalue weighted by atomic mass is 9.77. The molecule has 3 heterocycles. The van der Waals surface area contributed by atoms with Crippen LogP contribution >= 0.6 is 0 Å². The van der Waals surface area contributed by atoms with Gasteiger partial charge in [0, 0.05) is 42.5 Å². The smallest absolute Gasteiger partial charge is 0.257 e. The van der Waals surface area contributed by atoms with E-state index < -0.39 is 0 Å². The Kier molecular flexibility index (Phi) is 4.65. The zero-order valence-corrected chi connectivity index (χ0v) is 17.6. The number of fused-ring (bicyclic) bond motifs is 2. The number of piperidine rings is 1. The van der Waals surface area contributed by atoms with Gasteiger partial charge in [0.15, 0.2) is 5.82 Å². The van der Waals surface area contributed by atoms with E-state index in [0.29, 0.717) is 0 Å². The summed E-state index contributed by atoms with van der Waals surface area (Å²) in [7, 11) is 0. The van der Waals surface area contributed by atoms with Gasteiger partial charge in [-0.05, 0) is 45.1 Å². The van der Waals surface area contributed by atoms with Crippen LogP contribution in [-0.4, -0.2) is 43.6 Å². The van der Waals surface area contributed by atoms with Crippen molar-refractivity contribution in [2.24, 2.45) is 0 Å². The van der Waals surface area contributed by atoms with Crippen LogP contribution in [0.4, 0.5) is 0 Å². The van der Waals surface area contributed by atoms with Gasteiger partial charge in [0.25, 0.3) is 5.91 Å². The van der Waals surface area contributed by atoms with E-state index in [0.717, 1.165) is 73.7 Å². The van der Waals surface area contributed by atoms with E-state index in [1.54, 1.807) is 6.20 Å². The molecule has 1 aliphatic heterocycles. The second kappa shape index (κ2) is 7.35. The quantitative estimate of drug-likeness (QED) is 0.670. The van der Waals surface area contributed by atoms with Crippen molar-refractivity contribution in [3.63, 3.8) is 0 Å². The SMILES string of the molecule is CCn1ncc(C(=O)N2CCCC3(CCc4cnc(-c5ccccc5)nc43)C2)c1C. The molecule has 30 heavy (non-hydrogen) atoms. The molecule has 2 aliphatic rings. The highest BCUT2D eigenvalue weighted by Crippen LogP contribution is 2.44. The highest BCUT2D eigenvalue weighted by Gasteiger charge is 2.45. The van der Waals surface area contributed by atoms with Crippen molar-refractivity contribution in [2.75, 3.05) is 13.1 Å². The minimum absolute atomic E-state index is 0.0651. The highest BCUT2D eigenvalue weighted by atomic mass is 16.2. The maximum atomic E-state index is 13.3. The van der Waals surface area contributed by atoms with Gasteiger partial charge in [-0.25, -0.2) is 9.97 Å². The number of rotatable bonds is 3. The van der Waals surface area contributed by atoms with Gasteiger partial charge in [-0.3, -0.25) is 9.48 Å². The minimum Gasteiger partial charge on any atom is -0.338 e. The zero-order chi connectivity index (χ0) is 20.7. The van der Waals surface area contributed by atoms with E-state index in [-0.39, 0.29) is 11.3 Å². The lowest BCUT2D eigenvalue weighted by molar-refractivity contribution is 0.0632. The van der Waals surface area contributed by atoms with Crippen molar-refractivity contribution >= 4 is 5.91 Å². The number of amides is 1. The van der Waals surface area contributed by atoms with Crippen molar-refractivity contribution in [3.05, 3.63) is 65.2 Å². The molecule has 0 radical (unpaired) electrons. The molecule has 5 rings (SSSR count). The molecule has 154 valence electrons. The first-order chi connectivity index (χ1) is 14.6. The molecule has 1 atom stereocenters. The van der Waals surface area contributed by atoms with Gasteiger partial charge in [0.1, 0.15) is 0 Å². The number of carbonyl (C=O) groups excluding carboxylic acids is 1. The number of hydrogen-bond donors (Lipinski definition) is 0. The number of likely N-dealkylation sites (tertiary alicyclic amines) is 1. The largest absolute Gasteiger partial charge is 0.338 e. The van der Waals surface area contributed by atoms with E-state index >= 15 is 0 Å². The van der Waals surface area contributed by atoms with Crippen molar-refractivity contribution in [1.29, 1.82) is 0 Å². The molecule has 6 nitrogen and oxygen atoms in total. The molecule has 1 aliphatic carbocycles. The maximum absolute atomic E-state index is 13.3. The molecule has 3 aromatic rings. The van der Waals surface area contributed by atoms with E-state index in [1.807, 2.05) is 60.0 Å². The Morgan fingerprint density at radius 1 is 1.17 bits per heavy atom. The second-order valence-electron chi connectivity index (χ2n) is 8.50. The van der Waals surface area contributed by atoms with Gasteiger partial charge in [0.2, 0.25) is 0 Å². The Morgan fingerprint density at radius 3 is 2.77 bits per heavy atom. The Labute approximate surface area is 177 Å². The normalized spacial score (nSPS) is 20.5. The molecule has 0 bridgehead atoms. The summed E-state index contributed by atoms with van der Waals surface area (Å²) in [6.45, 7) is 6.32. The maximum Gasteiger partial charge on any atom is 0.257 e. The van der Waals surface area contributed by atoms with Gasteiger partial charge >= 0.3 is 0 Å². The molecule has 1 spiro atoms. The number of aryl methyl sites for hydroxylation is 2. The predicted octanol–water partition coefficient (Wildman–Crippen LogP) is 3.79. The van der Waals surface area contributed by atoms with Crippen LogP contribution < -0.4 is 0 Å². The molecule has 6 heteroatoms. The van der Waals surface area contributed by atoms with E-state index in [9.17, 15) is 4.79 Å². The van der Waals surface area contributed by atoms with Crippen LogP contribution in [0.2, 0.25) is 0 Å². The molecule has 0 N–H and O–H groups in total. The molecule has 1 unspecified atom stereocenters. The zero-order valence-electron chi connectivity index (χ0n) is 17.6. The molecule has 1 fully saturated rings. The average molecular weight is 402 g/mol. The first-order valence-electron chi connectivity index (χ1n) is 10.8. The molecule has 0 saturated carbocycles. The summed E-state index contributed by atoms with van der Waals surface area (Å²) in [4.78, 5) is 25.0. The first-order valence-corrected chi connectivity index (χ1v) is 10.8. The predicted molar refractivity (Wildman–Crippen MR) is 115 cm³/mol. The number of aromatic nitrogens is 4. The van der Waals surface area contributed by atoms with Gasteiger partial charge in [-0.15, -0.1) is 0 Å². The van der Waals surface area contributed by atoms with Gasteiger partial charge < -0.3 is 4.90 Å². The Bertz CT molecular complexity index is 1090. The summed E-state index contributed by atoms with van der Waals surface area (Å²) < 4.78 is 1.89. The highest BCUT2D eigenvalue weighted by molar-refractivity contribution is 5.95. The molecule has 1 aromatic carbocycles. The van der Waals surface area contributed by atoms with Crippen LogP contribution in [0.25, 0.3) is 11.4 Å². The summed E-state index contributed by atoms with van der Waals surface area (Å²) in [6.07, 6.45) is 7.81. The lowest BCUT2D eigenvalue weighted by Gasteiger charge is -2.40. The van der Waals surface area contributed by atoms with Crippen LogP contribution in [0.5, 0.6) is 0 Å². The Balaban J connectivity index is 1.46. The van der Waals surface area contributed by atoms with Crippen molar-refractivity contribution in [3.8, 4) is 11.4 Å². The number of benzene rings is 1. The first kappa shape index (κ1) is 19.0.